The molecular weight excluding hydrogens is 272 g/mol. The van der Waals surface area contributed by atoms with Gasteiger partial charge >= 0.3 is 12.0 Å². The Morgan fingerprint density at radius 2 is 2.10 bits per heavy atom. The number of carbonyl (C=O) groups is 2. The third kappa shape index (κ3) is 5.53. The number of ether oxygens (including phenoxy) is 1. The normalized spacial score (nSPS) is 25.0. The van der Waals surface area contributed by atoms with Crippen molar-refractivity contribution in [2.75, 3.05) is 19.8 Å². The fraction of sp³-hybridized carbons (Fsp3) is 0.867. The van der Waals surface area contributed by atoms with E-state index in [1.54, 1.807) is 6.92 Å². The Hall–Kier alpha value is -1.30. The molecule has 0 saturated heterocycles. The summed E-state index contributed by atoms with van der Waals surface area (Å²) in [4.78, 5) is 23.1. The number of urea groups is 1. The molecule has 3 N–H and O–H groups in total. The molecule has 1 fully saturated rings. The zero-order valence-electron chi connectivity index (χ0n) is 13.3. The fourth-order valence-electron chi connectivity index (χ4n) is 2.52. The predicted octanol–water partition coefficient (Wildman–Crippen LogP) is 1.99. The summed E-state index contributed by atoms with van der Waals surface area (Å²) in [5, 5.41) is 14.8. The van der Waals surface area contributed by atoms with Gasteiger partial charge in [-0.2, -0.15) is 0 Å². The van der Waals surface area contributed by atoms with E-state index in [0.717, 1.165) is 12.8 Å². The molecule has 0 bridgehead atoms. The van der Waals surface area contributed by atoms with Crippen LogP contribution < -0.4 is 10.6 Å². The fourth-order valence-corrected chi connectivity index (χ4v) is 2.52. The van der Waals surface area contributed by atoms with Crippen LogP contribution in [0.5, 0.6) is 0 Å². The maximum atomic E-state index is 11.8. The molecule has 2 unspecified atom stereocenters. The molecule has 0 radical (unpaired) electrons. The molecule has 0 spiro atoms. The molecule has 122 valence electrons. The highest BCUT2D eigenvalue weighted by Gasteiger charge is 2.45. The SMILES string of the molecule is CC(C)CCOCCNC(=O)NC1CCCC1(C)C(=O)O. The average molecular weight is 300 g/mol. The lowest BCUT2D eigenvalue weighted by Gasteiger charge is -2.27. The Morgan fingerprint density at radius 3 is 2.71 bits per heavy atom. The van der Waals surface area contributed by atoms with Crippen LogP contribution in [0.4, 0.5) is 4.79 Å². The number of carbonyl (C=O) groups excluding carboxylic acids is 1. The second kappa shape index (κ2) is 8.22. The molecule has 6 nitrogen and oxygen atoms in total. The van der Waals surface area contributed by atoms with Crippen LogP contribution >= 0.6 is 0 Å². The molecule has 0 heterocycles. The van der Waals surface area contributed by atoms with E-state index in [1.807, 2.05) is 0 Å². The van der Waals surface area contributed by atoms with Crippen LogP contribution in [0, 0.1) is 11.3 Å². The van der Waals surface area contributed by atoms with Gasteiger partial charge in [-0.05, 0) is 32.1 Å². The number of carboxylic acids is 1. The number of hydrogen-bond donors (Lipinski definition) is 3. The van der Waals surface area contributed by atoms with Gasteiger partial charge in [0.15, 0.2) is 0 Å². The lowest BCUT2D eigenvalue weighted by molar-refractivity contribution is -0.148. The number of aliphatic carboxylic acids is 1. The summed E-state index contributed by atoms with van der Waals surface area (Å²) in [7, 11) is 0. The van der Waals surface area contributed by atoms with Gasteiger partial charge in [0, 0.05) is 19.2 Å². The number of rotatable bonds is 8. The van der Waals surface area contributed by atoms with Gasteiger partial charge in [0.05, 0.1) is 12.0 Å². The summed E-state index contributed by atoms with van der Waals surface area (Å²) in [5.41, 5.74) is -0.856. The van der Waals surface area contributed by atoms with Crippen molar-refractivity contribution in [2.45, 2.75) is 52.5 Å². The van der Waals surface area contributed by atoms with Crippen LogP contribution in [0.2, 0.25) is 0 Å². The van der Waals surface area contributed by atoms with Gasteiger partial charge in [-0.3, -0.25) is 4.79 Å². The molecule has 0 aromatic heterocycles. The zero-order valence-corrected chi connectivity index (χ0v) is 13.3. The summed E-state index contributed by atoms with van der Waals surface area (Å²) in [6.07, 6.45) is 3.14. The van der Waals surface area contributed by atoms with E-state index in [-0.39, 0.29) is 12.1 Å². The van der Waals surface area contributed by atoms with Crippen LogP contribution in [0.3, 0.4) is 0 Å². The molecule has 0 aromatic carbocycles. The van der Waals surface area contributed by atoms with E-state index in [4.69, 9.17) is 4.74 Å². The second-order valence-electron chi connectivity index (χ2n) is 6.36. The summed E-state index contributed by atoms with van der Waals surface area (Å²) in [5.74, 6) is -0.236. The van der Waals surface area contributed by atoms with Gasteiger partial charge in [-0.15, -0.1) is 0 Å². The van der Waals surface area contributed by atoms with Gasteiger partial charge in [0.2, 0.25) is 0 Å². The minimum absolute atomic E-state index is 0.308. The molecule has 2 atom stereocenters. The summed E-state index contributed by atoms with van der Waals surface area (Å²) >= 11 is 0. The van der Waals surface area contributed by atoms with Crippen LogP contribution in [0.1, 0.15) is 46.5 Å². The van der Waals surface area contributed by atoms with E-state index >= 15 is 0 Å². The third-order valence-corrected chi connectivity index (χ3v) is 4.12. The first-order chi connectivity index (χ1) is 9.86. The Morgan fingerprint density at radius 1 is 1.38 bits per heavy atom. The van der Waals surface area contributed by atoms with Crippen molar-refractivity contribution in [1.82, 2.24) is 10.6 Å². The maximum absolute atomic E-state index is 11.8. The van der Waals surface area contributed by atoms with Crippen molar-refractivity contribution < 1.29 is 19.4 Å². The molecule has 0 aliphatic heterocycles. The minimum atomic E-state index is -0.856. The van der Waals surface area contributed by atoms with Crippen molar-refractivity contribution >= 4 is 12.0 Å². The molecular formula is C15H28N2O4. The summed E-state index contributed by atoms with van der Waals surface area (Å²) in [6.45, 7) is 7.57. The van der Waals surface area contributed by atoms with Gasteiger partial charge in [-0.25, -0.2) is 4.79 Å². The van der Waals surface area contributed by atoms with Crippen molar-refractivity contribution in [2.24, 2.45) is 11.3 Å². The standard InChI is InChI=1S/C15H28N2O4/c1-11(2)6-9-21-10-8-16-14(20)17-12-5-4-7-15(12,3)13(18)19/h11-12H,4-10H2,1-3H3,(H,18,19)(H2,16,17,20). The molecule has 1 rings (SSSR count). The number of hydrogen-bond acceptors (Lipinski definition) is 3. The van der Waals surface area contributed by atoms with Crippen LogP contribution in [-0.2, 0) is 9.53 Å². The minimum Gasteiger partial charge on any atom is -0.481 e. The predicted molar refractivity (Wildman–Crippen MR) is 80.2 cm³/mol. The van der Waals surface area contributed by atoms with Crippen molar-refractivity contribution in [3.63, 3.8) is 0 Å². The summed E-state index contributed by atoms with van der Waals surface area (Å²) < 4.78 is 5.41. The lowest BCUT2D eigenvalue weighted by Crippen LogP contribution is -2.50. The Bertz CT molecular complexity index is 360. The highest BCUT2D eigenvalue weighted by atomic mass is 16.5. The van der Waals surface area contributed by atoms with Crippen molar-refractivity contribution in [3.8, 4) is 0 Å². The smallest absolute Gasteiger partial charge is 0.315 e. The zero-order chi connectivity index (χ0) is 15.9. The third-order valence-electron chi connectivity index (χ3n) is 4.12. The van der Waals surface area contributed by atoms with E-state index in [2.05, 4.69) is 24.5 Å². The highest BCUT2D eigenvalue weighted by Crippen LogP contribution is 2.38. The van der Waals surface area contributed by atoms with Gasteiger partial charge in [-0.1, -0.05) is 20.3 Å². The quantitative estimate of drug-likeness (QED) is 0.598. The van der Waals surface area contributed by atoms with Crippen LogP contribution in [-0.4, -0.2) is 42.9 Å². The average Bonchev–Trinajstić information content (AvgIpc) is 2.76. The van der Waals surface area contributed by atoms with Crippen molar-refractivity contribution in [1.29, 1.82) is 0 Å². The number of carboxylic acid groups (broad SMARTS) is 1. The first-order valence-electron chi connectivity index (χ1n) is 7.71. The Labute approximate surface area is 126 Å². The Balaban J connectivity index is 2.20. The van der Waals surface area contributed by atoms with Gasteiger partial charge < -0.3 is 20.5 Å². The molecule has 0 aromatic rings. The van der Waals surface area contributed by atoms with E-state index in [1.165, 1.54) is 0 Å². The molecule has 1 saturated carbocycles. The number of nitrogens with one attached hydrogen (secondary N) is 2. The van der Waals surface area contributed by atoms with Crippen LogP contribution in [0.25, 0.3) is 0 Å². The van der Waals surface area contributed by atoms with E-state index in [0.29, 0.717) is 38.5 Å². The highest BCUT2D eigenvalue weighted by molar-refractivity contribution is 5.79. The molecule has 1 aliphatic rings. The maximum Gasteiger partial charge on any atom is 0.315 e. The van der Waals surface area contributed by atoms with E-state index < -0.39 is 11.4 Å². The molecule has 6 heteroatoms. The van der Waals surface area contributed by atoms with Gasteiger partial charge in [0.25, 0.3) is 0 Å². The molecule has 1 aliphatic carbocycles. The van der Waals surface area contributed by atoms with Crippen molar-refractivity contribution in [3.05, 3.63) is 0 Å². The van der Waals surface area contributed by atoms with Gasteiger partial charge in [0.1, 0.15) is 0 Å². The second-order valence-corrected chi connectivity index (χ2v) is 6.36. The monoisotopic (exact) mass is 300 g/mol. The first-order valence-corrected chi connectivity index (χ1v) is 7.71. The molecule has 21 heavy (non-hydrogen) atoms. The largest absolute Gasteiger partial charge is 0.481 e. The number of amides is 2. The van der Waals surface area contributed by atoms with E-state index in [9.17, 15) is 14.7 Å². The summed E-state index contributed by atoms with van der Waals surface area (Å²) in [6, 6.07) is -0.626. The Kier molecular flexibility index (Phi) is 6.95. The first kappa shape index (κ1) is 17.8. The topological polar surface area (TPSA) is 87.7 Å². The van der Waals surface area contributed by atoms with Crippen LogP contribution in [0.15, 0.2) is 0 Å². The molecule has 2 amide bonds. The lowest BCUT2D eigenvalue weighted by atomic mass is 9.85.